The Morgan fingerprint density at radius 2 is 1.96 bits per heavy atom. The molecule has 2 N–H and O–H groups in total. The van der Waals surface area contributed by atoms with Crippen LogP contribution in [0.3, 0.4) is 0 Å². The highest BCUT2D eigenvalue weighted by atomic mass is 35.5. The number of anilines is 2. The topological polar surface area (TPSA) is 57.5 Å². The summed E-state index contributed by atoms with van der Waals surface area (Å²) < 4.78 is 0. The Morgan fingerprint density at radius 3 is 2.80 bits per heavy atom. The number of allylic oxidation sites excluding steroid dienone is 1. The van der Waals surface area contributed by atoms with Gasteiger partial charge in [0.1, 0.15) is 0 Å². The number of hydrogen-bond donors (Lipinski definition) is 2. The molecule has 0 spiro atoms. The molecule has 1 aliphatic heterocycles. The molecule has 2 aromatic carbocycles. The molecule has 4 rings (SSSR count). The summed E-state index contributed by atoms with van der Waals surface area (Å²) in [5, 5.41) is 14.8. The van der Waals surface area contributed by atoms with Gasteiger partial charge in [0, 0.05) is 22.4 Å². The predicted octanol–water partition coefficient (Wildman–Crippen LogP) is 6.16. The van der Waals surface area contributed by atoms with Crippen LogP contribution >= 0.6 is 34.5 Å². The molecule has 1 aliphatic rings. The molecule has 124 valence electrons. The lowest BCUT2D eigenvalue weighted by Crippen LogP contribution is -1.89. The first-order valence-electron chi connectivity index (χ1n) is 7.37. The number of rotatable bonds is 3. The molecule has 0 saturated carbocycles. The second-order valence-electron chi connectivity index (χ2n) is 5.33. The van der Waals surface area contributed by atoms with Crippen LogP contribution in [0.4, 0.5) is 16.5 Å². The number of nitrogens with zero attached hydrogens (tertiary/aromatic N) is 2. The van der Waals surface area contributed by atoms with Gasteiger partial charge in [0.25, 0.3) is 0 Å². The van der Waals surface area contributed by atoms with E-state index in [1.165, 1.54) is 11.3 Å². The van der Waals surface area contributed by atoms with Crippen LogP contribution in [-0.2, 0) is 0 Å². The molecular formula is C18H11Cl2N3OS. The van der Waals surface area contributed by atoms with E-state index in [0.29, 0.717) is 25.7 Å². The molecule has 0 atom stereocenters. The highest BCUT2D eigenvalue weighted by Gasteiger charge is 2.15. The van der Waals surface area contributed by atoms with Crippen LogP contribution in [0, 0.1) is 0 Å². The molecule has 0 bridgehead atoms. The summed E-state index contributed by atoms with van der Waals surface area (Å²) in [6.07, 6.45) is 3.66. The number of benzene rings is 2. The summed E-state index contributed by atoms with van der Waals surface area (Å²) in [5.74, 6) is -0.0390. The second kappa shape index (κ2) is 6.52. The van der Waals surface area contributed by atoms with Gasteiger partial charge in [-0.05, 0) is 30.3 Å². The zero-order valence-electron chi connectivity index (χ0n) is 12.7. The average Bonchev–Trinajstić information content (AvgIpc) is 3.15. The van der Waals surface area contributed by atoms with E-state index in [9.17, 15) is 5.11 Å². The summed E-state index contributed by atoms with van der Waals surface area (Å²) in [6.45, 7) is 0. The molecule has 0 aliphatic carbocycles. The predicted molar refractivity (Wildman–Crippen MR) is 106 cm³/mol. The molecule has 1 aromatic heterocycles. The lowest BCUT2D eigenvalue weighted by Gasteiger charge is -2.04. The molecule has 0 radical (unpaired) electrons. The lowest BCUT2D eigenvalue weighted by atomic mass is 10.1. The fourth-order valence-corrected chi connectivity index (χ4v) is 3.75. The smallest absolute Gasteiger partial charge is 0.231 e. The van der Waals surface area contributed by atoms with Crippen LogP contribution in [0.25, 0.3) is 11.6 Å². The van der Waals surface area contributed by atoms with Crippen LogP contribution in [-0.4, -0.2) is 16.3 Å². The molecule has 7 heteroatoms. The van der Waals surface area contributed by atoms with E-state index >= 15 is 0 Å². The maximum Gasteiger partial charge on any atom is 0.231 e. The van der Waals surface area contributed by atoms with Crippen molar-refractivity contribution in [3.05, 3.63) is 63.0 Å². The minimum absolute atomic E-state index is 0.0390. The SMILES string of the molecule is Oc1nc(Nc2ccc(Cl)cc2Cl)sc1/C=C1\C=Nc2ccccc21. The van der Waals surface area contributed by atoms with Crippen molar-refractivity contribution in [2.24, 2.45) is 4.99 Å². The minimum Gasteiger partial charge on any atom is -0.492 e. The van der Waals surface area contributed by atoms with Crippen LogP contribution in [0.1, 0.15) is 10.4 Å². The normalized spacial score (nSPS) is 14.1. The zero-order valence-corrected chi connectivity index (χ0v) is 15.0. The Balaban J connectivity index is 1.63. The third-order valence-electron chi connectivity index (χ3n) is 3.65. The number of hydrogen-bond acceptors (Lipinski definition) is 5. The molecule has 0 amide bonds. The number of halogens is 2. The first-order chi connectivity index (χ1) is 12.1. The van der Waals surface area contributed by atoms with Crippen molar-refractivity contribution in [3.63, 3.8) is 0 Å². The number of para-hydroxylation sites is 1. The van der Waals surface area contributed by atoms with E-state index in [1.54, 1.807) is 24.4 Å². The van der Waals surface area contributed by atoms with E-state index in [2.05, 4.69) is 15.3 Å². The highest BCUT2D eigenvalue weighted by Crippen LogP contribution is 2.38. The fourth-order valence-electron chi connectivity index (χ4n) is 2.47. The van der Waals surface area contributed by atoms with E-state index in [1.807, 2.05) is 30.3 Å². The van der Waals surface area contributed by atoms with Gasteiger partial charge in [0.05, 0.1) is 21.3 Å². The third-order valence-corrected chi connectivity index (χ3v) is 5.11. The Bertz CT molecular complexity index is 1030. The summed E-state index contributed by atoms with van der Waals surface area (Å²) in [7, 11) is 0. The number of thiazole rings is 1. The van der Waals surface area contributed by atoms with Gasteiger partial charge in [-0.25, -0.2) is 0 Å². The van der Waals surface area contributed by atoms with E-state index in [-0.39, 0.29) is 5.88 Å². The van der Waals surface area contributed by atoms with Crippen LogP contribution in [0.5, 0.6) is 5.88 Å². The van der Waals surface area contributed by atoms with Crippen molar-refractivity contribution in [1.29, 1.82) is 0 Å². The van der Waals surface area contributed by atoms with Crippen molar-refractivity contribution in [2.45, 2.75) is 0 Å². The number of fused-ring (bicyclic) bond motifs is 1. The van der Waals surface area contributed by atoms with Gasteiger partial charge >= 0.3 is 0 Å². The Hall–Kier alpha value is -2.34. The Morgan fingerprint density at radius 1 is 1.12 bits per heavy atom. The highest BCUT2D eigenvalue weighted by molar-refractivity contribution is 7.16. The summed E-state index contributed by atoms with van der Waals surface area (Å²) in [6, 6.07) is 13.0. The maximum absolute atomic E-state index is 10.1. The maximum atomic E-state index is 10.1. The quantitative estimate of drug-likeness (QED) is 0.565. The van der Waals surface area contributed by atoms with Crippen molar-refractivity contribution >= 4 is 68.9 Å². The zero-order chi connectivity index (χ0) is 17.4. The first-order valence-corrected chi connectivity index (χ1v) is 8.94. The van der Waals surface area contributed by atoms with Crippen molar-refractivity contribution < 1.29 is 5.11 Å². The van der Waals surface area contributed by atoms with Crippen molar-refractivity contribution in [2.75, 3.05) is 5.32 Å². The Kier molecular flexibility index (Phi) is 4.21. The van der Waals surface area contributed by atoms with Crippen molar-refractivity contribution in [1.82, 2.24) is 4.98 Å². The average molecular weight is 388 g/mol. The van der Waals surface area contributed by atoms with Gasteiger partial charge in [-0.2, -0.15) is 4.98 Å². The van der Waals surface area contributed by atoms with Gasteiger partial charge in [-0.15, -0.1) is 0 Å². The van der Waals surface area contributed by atoms with E-state index in [0.717, 1.165) is 16.8 Å². The third kappa shape index (κ3) is 3.26. The molecule has 0 fully saturated rings. The van der Waals surface area contributed by atoms with E-state index < -0.39 is 0 Å². The number of aromatic hydroxyl groups is 1. The number of aromatic nitrogens is 1. The van der Waals surface area contributed by atoms with Gasteiger partial charge in [-0.1, -0.05) is 52.7 Å². The van der Waals surface area contributed by atoms with Crippen LogP contribution in [0.15, 0.2) is 47.5 Å². The Labute approximate surface area is 158 Å². The number of aliphatic imine (C=N–C) groups is 1. The van der Waals surface area contributed by atoms with Crippen LogP contribution in [0.2, 0.25) is 10.0 Å². The summed E-state index contributed by atoms with van der Waals surface area (Å²) in [5.41, 5.74) is 3.56. The first kappa shape index (κ1) is 16.1. The molecule has 0 saturated heterocycles. The molecular weight excluding hydrogens is 377 g/mol. The summed E-state index contributed by atoms with van der Waals surface area (Å²) in [4.78, 5) is 9.16. The van der Waals surface area contributed by atoms with Gasteiger partial charge in [-0.3, -0.25) is 4.99 Å². The monoisotopic (exact) mass is 387 g/mol. The largest absolute Gasteiger partial charge is 0.492 e. The molecule has 25 heavy (non-hydrogen) atoms. The molecule has 3 aromatic rings. The molecule has 2 heterocycles. The summed E-state index contributed by atoms with van der Waals surface area (Å²) >= 11 is 13.4. The van der Waals surface area contributed by atoms with Gasteiger partial charge < -0.3 is 10.4 Å². The molecule has 4 nitrogen and oxygen atoms in total. The van der Waals surface area contributed by atoms with E-state index in [4.69, 9.17) is 23.2 Å². The van der Waals surface area contributed by atoms with Crippen molar-refractivity contribution in [3.8, 4) is 5.88 Å². The standard InChI is InChI=1S/C18H11Cl2N3OS/c19-11-5-6-15(13(20)8-11)22-18-23-17(24)16(25-18)7-10-9-21-14-4-2-1-3-12(10)14/h1-9,24H,(H,22,23)/b10-7+. The minimum atomic E-state index is -0.0390. The fraction of sp³-hybridized carbons (Fsp3) is 0. The second-order valence-corrected chi connectivity index (χ2v) is 7.21. The van der Waals surface area contributed by atoms with Gasteiger partial charge in [0.2, 0.25) is 5.88 Å². The lowest BCUT2D eigenvalue weighted by molar-refractivity contribution is 0.457. The van der Waals surface area contributed by atoms with Gasteiger partial charge in [0.15, 0.2) is 5.13 Å². The number of nitrogens with one attached hydrogen (secondary N) is 1. The van der Waals surface area contributed by atoms with Crippen LogP contribution < -0.4 is 5.32 Å². The molecule has 0 unspecified atom stereocenters.